The first-order valence-electron chi connectivity index (χ1n) is 6.21. The number of sulfonamides is 1. The molecule has 1 atom stereocenters. The Hall–Kier alpha value is -1.60. The number of nitrogens with two attached hydrogens (primary N) is 1. The molecule has 0 aromatic heterocycles. The quantitative estimate of drug-likeness (QED) is 0.657. The van der Waals surface area contributed by atoms with Crippen LogP contribution in [0.15, 0.2) is 23.1 Å². The second-order valence-electron chi connectivity index (χ2n) is 4.53. The van der Waals surface area contributed by atoms with Crippen LogP contribution in [0, 0.1) is 0 Å². The third-order valence-electron chi connectivity index (χ3n) is 3.28. The number of carbonyl (C=O) groups excluding carboxylic acids is 1. The number of esters is 1. The van der Waals surface area contributed by atoms with Gasteiger partial charge in [-0.25, -0.2) is 13.2 Å². The molecular formula is C13H20N2O4S. The van der Waals surface area contributed by atoms with E-state index in [1.807, 2.05) is 6.92 Å². The largest absolute Gasteiger partial charge is 0.465 e. The van der Waals surface area contributed by atoms with E-state index in [1.54, 1.807) is 6.92 Å². The van der Waals surface area contributed by atoms with E-state index in [0.29, 0.717) is 12.1 Å². The molecule has 1 aromatic rings. The average Bonchev–Trinajstić information content (AvgIpc) is 2.44. The number of ether oxygens (including phenoxy) is 1. The lowest BCUT2D eigenvalue weighted by Gasteiger charge is -2.24. The molecule has 2 N–H and O–H groups in total. The minimum atomic E-state index is -3.78. The highest BCUT2D eigenvalue weighted by Crippen LogP contribution is 2.24. The molecule has 0 aliphatic carbocycles. The number of nitrogens with zero attached hydrogens (tertiary/aromatic N) is 1. The Morgan fingerprint density at radius 3 is 2.55 bits per heavy atom. The van der Waals surface area contributed by atoms with Gasteiger partial charge >= 0.3 is 5.97 Å². The van der Waals surface area contributed by atoms with Gasteiger partial charge in [0.15, 0.2) is 0 Å². The van der Waals surface area contributed by atoms with Crippen molar-refractivity contribution in [2.24, 2.45) is 0 Å². The molecule has 0 aliphatic rings. The maximum Gasteiger partial charge on any atom is 0.339 e. The van der Waals surface area contributed by atoms with Crippen molar-refractivity contribution in [1.29, 1.82) is 0 Å². The third-order valence-corrected chi connectivity index (χ3v) is 5.31. The number of benzene rings is 1. The highest BCUT2D eigenvalue weighted by atomic mass is 32.2. The van der Waals surface area contributed by atoms with Gasteiger partial charge in [0.2, 0.25) is 10.0 Å². The van der Waals surface area contributed by atoms with Crippen molar-refractivity contribution in [1.82, 2.24) is 4.31 Å². The molecule has 0 bridgehead atoms. The third kappa shape index (κ3) is 3.10. The van der Waals surface area contributed by atoms with Gasteiger partial charge in [0.1, 0.15) is 0 Å². The van der Waals surface area contributed by atoms with Crippen molar-refractivity contribution in [3.63, 3.8) is 0 Å². The Labute approximate surface area is 119 Å². The number of rotatable bonds is 5. The molecule has 0 spiro atoms. The van der Waals surface area contributed by atoms with Crippen molar-refractivity contribution in [3.8, 4) is 0 Å². The van der Waals surface area contributed by atoms with Crippen LogP contribution in [-0.4, -0.2) is 38.9 Å². The topological polar surface area (TPSA) is 89.7 Å². The summed E-state index contributed by atoms with van der Waals surface area (Å²) >= 11 is 0. The lowest BCUT2D eigenvalue weighted by atomic mass is 10.2. The Kier molecular flexibility index (Phi) is 5.13. The van der Waals surface area contributed by atoms with Gasteiger partial charge < -0.3 is 10.5 Å². The van der Waals surface area contributed by atoms with Crippen LogP contribution in [-0.2, 0) is 14.8 Å². The molecule has 0 saturated carbocycles. The molecule has 0 fully saturated rings. The summed E-state index contributed by atoms with van der Waals surface area (Å²) in [5.41, 5.74) is 5.86. The van der Waals surface area contributed by atoms with Crippen LogP contribution in [0.25, 0.3) is 0 Å². The summed E-state index contributed by atoms with van der Waals surface area (Å²) in [6.07, 6.45) is 0.665. The van der Waals surface area contributed by atoms with Crippen LogP contribution in [0.3, 0.4) is 0 Å². The first-order chi connectivity index (χ1) is 9.25. The molecule has 1 unspecified atom stereocenters. The van der Waals surface area contributed by atoms with E-state index in [4.69, 9.17) is 5.73 Å². The predicted octanol–water partition coefficient (Wildman–Crippen LogP) is 1.47. The fourth-order valence-electron chi connectivity index (χ4n) is 1.69. The van der Waals surface area contributed by atoms with Crippen molar-refractivity contribution < 1.29 is 17.9 Å². The monoisotopic (exact) mass is 300 g/mol. The van der Waals surface area contributed by atoms with Gasteiger partial charge in [-0.05, 0) is 31.5 Å². The Bertz CT molecular complexity index is 598. The highest BCUT2D eigenvalue weighted by Gasteiger charge is 2.29. The minimum Gasteiger partial charge on any atom is -0.465 e. The maximum absolute atomic E-state index is 12.6. The Morgan fingerprint density at radius 1 is 1.45 bits per heavy atom. The molecule has 1 aromatic carbocycles. The van der Waals surface area contributed by atoms with Crippen LogP contribution >= 0.6 is 0 Å². The lowest BCUT2D eigenvalue weighted by molar-refractivity contribution is 0.0596. The first-order valence-corrected chi connectivity index (χ1v) is 7.65. The highest BCUT2D eigenvalue weighted by molar-refractivity contribution is 7.89. The van der Waals surface area contributed by atoms with Crippen molar-refractivity contribution in [3.05, 3.63) is 23.8 Å². The molecule has 0 radical (unpaired) electrons. The van der Waals surface area contributed by atoms with E-state index in [-0.39, 0.29) is 16.5 Å². The first kappa shape index (κ1) is 16.5. The fourth-order valence-corrected chi connectivity index (χ4v) is 3.28. The zero-order valence-corrected chi connectivity index (χ0v) is 12.9. The predicted molar refractivity (Wildman–Crippen MR) is 76.9 cm³/mol. The summed E-state index contributed by atoms with van der Waals surface area (Å²) < 4.78 is 31.0. The van der Waals surface area contributed by atoms with E-state index >= 15 is 0 Å². The van der Waals surface area contributed by atoms with Crippen LogP contribution in [0.4, 0.5) is 5.69 Å². The molecule has 0 heterocycles. The van der Waals surface area contributed by atoms with E-state index in [2.05, 4.69) is 4.74 Å². The standard InChI is InChI=1S/C13H20N2O4S/c1-5-9(2)15(3)20(17,18)12-7-6-10(14)8-11(12)13(16)19-4/h6-9H,5,14H2,1-4H3. The minimum absolute atomic E-state index is 0.0531. The normalized spacial score (nSPS) is 13.2. The molecule has 112 valence electrons. The molecule has 20 heavy (non-hydrogen) atoms. The number of nitrogen functional groups attached to an aromatic ring is 1. The summed E-state index contributed by atoms with van der Waals surface area (Å²) in [6, 6.07) is 3.91. The molecule has 6 nitrogen and oxygen atoms in total. The number of methoxy groups -OCH3 is 1. The van der Waals surface area contributed by atoms with Gasteiger partial charge in [0, 0.05) is 18.8 Å². The van der Waals surface area contributed by atoms with E-state index in [1.165, 1.54) is 36.7 Å². The Morgan fingerprint density at radius 2 is 2.05 bits per heavy atom. The second kappa shape index (κ2) is 6.23. The summed E-state index contributed by atoms with van der Waals surface area (Å²) in [5.74, 6) is -0.728. The van der Waals surface area contributed by atoms with Gasteiger partial charge in [0.25, 0.3) is 0 Å². The zero-order chi connectivity index (χ0) is 15.5. The summed E-state index contributed by atoms with van der Waals surface area (Å²) in [5, 5.41) is 0. The summed E-state index contributed by atoms with van der Waals surface area (Å²) in [4.78, 5) is 11.6. The van der Waals surface area contributed by atoms with Gasteiger partial charge in [-0.1, -0.05) is 6.92 Å². The van der Waals surface area contributed by atoms with Gasteiger partial charge in [-0.15, -0.1) is 0 Å². The maximum atomic E-state index is 12.6. The van der Waals surface area contributed by atoms with Gasteiger partial charge in [0.05, 0.1) is 17.6 Å². The van der Waals surface area contributed by atoms with E-state index in [0.717, 1.165) is 0 Å². The second-order valence-corrected chi connectivity index (χ2v) is 6.49. The van der Waals surface area contributed by atoms with Crippen molar-refractivity contribution in [2.45, 2.75) is 31.2 Å². The van der Waals surface area contributed by atoms with E-state index in [9.17, 15) is 13.2 Å². The van der Waals surface area contributed by atoms with E-state index < -0.39 is 16.0 Å². The summed E-state index contributed by atoms with van der Waals surface area (Å²) in [7, 11) is -1.09. The fraction of sp³-hybridized carbons (Fsp3) is 0.462. The smallest absolute Gasteiger partial charge is 0.339 e. The molecule has 0 saturated heterocycles. The van der Waals surface area contributed by atoms with Crippen molar-refractivity contribution >= 4 is 21.7 Å². The number of carbonyl (C=O) groups is 1. The lowest BCUT2D eigenvalue weighted by Crippen LogP contribution is -2.35. The number of anilines is 1. The van der Waals surface area contributed by atoms with Gasteiger partial charge in [-0.2, -0.15) is 4.31 Å². The number of hydrogen-bond acceptors (Lipinski definition) is 5. The molecule has 0 aliphatic heterocycles. The van der Waals surface area contributed by atoms with Crippen LogP contribution in [0.5, 0.6) is 0 Å². The SMILES string of the molecule is CCC(C)N(C)S(=O)(=O)c1ccc(N)cc1C(=O)OC. The summed E-state index contributed by atoms with van der Waals surface area (Å²) in [6.45, 7) is 3.69. The van der Waals surface area contributed by atoms with Gasteiger partial charge in [-0.3, -0.25) is 0 Å². The van der Waals surface area contributed by atoms with Crippen molar-refractivity contribution in [2.75, 3.05) is 19.9 Å². The van der Waals surface area contributed by atoms with Crippen LogP contribution in [0.2, 0.25) is 0 Å². The molecule has 0 amide bonds. The van der Waals surface area contributed by atoms with Crippen LogP contribution in [0.1, 0.15) is 30.6 Å². The zero-order valence-electron chi connectivity index (χ0n) is 12.1. The number of hydrogen-bond donors (Lipinski definition) is 1. The average molecular weight is 300 g/mol. The molecular weight excluding hydrogens is 280 g/mol. The molecule has 1 rings (SSSR count). The molecule has 7 heteroatoms. The van der Waals surface area contributed by atoms with Crippen LogP contribution < -0.4 is 5.73 Å². The Balaban J connectivity index is 3.42.